The number of carbonyl (C=O) groups excluding carboxylic acids is 1. The molecule has 152 valence electrons. The van der Waals surface area contributed by atoms with Gasteiger partial charge in [0.2, 0.25) is 11.6 Å². The second-order valence-electron chi connectivity index (χ2n) is 6.11. The first-order chi connectivity index (χ1) is 14.0. The van der Waals surface area contributed by atoms with Gasteiger partial charge in [-0.25, -0.2) is 10.1 Å². The molecule has 3 heterocycles. The molecule has 1 amide bonds. The Balaban J connectivity index is 1.90. The van der Waals surface area contributed by atoms with Gasteiger partial charge in [0.25, 0.3) is 5.91 Å². The molecule has 12 heteroatoms. The average Bonchev–Trinajstić information content (AvgIpc) is 3.36. The van der Waals surface area contributed by atoms with E-state index in [1.54, 1.807) is 31.5 Å². The SMILES string of the molecule is CCN(CC)Cc1c(C(=O)NN=C(C)c2ccncc2)nnn1-c1nonc1N. The lowest BCUT2D eigenvalue weighted by Crippen LogP contribution is -2.27. The van der Waals surface area contributed by atoms with Gasteiger partial charge in [0.1, 0.15) is 0 Å². The van der Waals surface area contributed by atoms with E-state index in [-0.39, 0.29) is 17.3 Å². The third kappa shape index (κ3) is 4.43. The van der Waals surface area contributed by atoms with Crippen molar-refractivity contribution in [1.82, 2.24) is 40.6 Å². The minimum Gasteiger partial charge on any atom is -0.378 e. The van der Waals surface area contributed by atoms with Gasteiger partial charge in [0.05, 0.1) is 11.4 Å². The lowest BCUT2D eigenvalue weighted by molar-refractivity contribution is 0.0947. The third-order valence-electron chi connectivity index (χ3n) is 4.37. The highest BCUT2D eigenvalue weighted by molar-refractivity contribution is 6.00. The summed E-state index contributed by atoms with van der Waals surface area (Å²) >= 11 is 0. The van der Waals surface area contributed by atoms with Crippen LogP contribution in [0.1, 0.15) is 42.5 Å². The average molecular weight is 398 g/mol. The van der Waals surface area contributed by atoms with E-state index in [0.717, 1.165) is 18.7 Å². The number of hydrogen-bond acceptors (Lipinski definition) is 10. The fraction of sp³-hybridized carbons (Fsp3) is 0.353. The summed E-state index contributed by atoms with van der Waals surface area (Å²) in [5.41, 5.74) is 10.4. The van der Waals surface area contributed by atoms with Crippen molar-refractivity contribution in [2.75, 3.05) is 18.8 Å². The van der Waals surface area contributed by atoms with Crippen LogP contribution >= 0.6 is 0 Å². The first-order valence-electron chi connectivity index (χ1n) is 9.05. The fourth-order valence-corrected chi connectivity index (χ4v) is 2.63. The van der Waals surface area contributed by atoms with Crippen LogP contribution in [0.15, 0.2) is 34.3 Å². The Morgan fingerprint density at radius 1 is 1.28 bits per heavy atom. The molecule has 0 spiro atoms. The summed E-state index contributed by atoms with van der Waals surface area (Å²) in [6.45, 7) is 7.77. The Hall–Kier alpha value is -3.67. The molecule has 3 N–H and O–H groups in total. The fourth-order valence-electron chi connectivity index (χ4n) is 2.63. The third-order valence-corrected chi connectivity index (χ3v) is 4.37. The highest BCUT2D eigenvalue weighted by Crippen LogP contribution is 2.17. The molecule has 0 aliphatic carbocycles. The predicted molar refractivity (Wildman–Crippen MR) is 104 cm³/mol. The molecular formula is C17H22N10O2. The van der Waals surface area contributed by atoms with Crippen molar-refractivity contribution in [2.45, 2.75) is 27.3 Å². The highest BCUT2D eigenvalue weighted by atomic mass is 16.6. The van der Waals surface area contributed by atoms with Gasteiger partial charge in [-0.1, -0.05) is 19.1 Å². The van der Waals surface area contributed by atoms with Gasteiger partial charge < -0.3 is 5.73 Å². The molecule has 0 aliphatic rings. The first kappa shape index (κ1) is 20.1. The molecule has 3 aromatic heterocycles. The molecule has 0 aliphatic heterocycles. The zero-order valence-corrected chi connectivity index (χ0v) is 16.4. The zero-order valence-electron chi connectivity index (χ0n) is 16.4. The van der Waals surface area contributed by atoms with Crippen LogP contribution < -0.4 is 11.2 Å². The molecule has 0 unspecified atom stereocenters. The number of pyridine rings is 1. The van der Waals surface area contributed by atoms with Gasteiger partial charge in [0.15, 0.2) is 5.69 Å². The molecule has 0 fully saturated rings. The molecule has 0 saturated heterocycles. The predicted octanol–water partition coefficient (Wildman–Crippen LogP) is 0.623. The zero-order chi connectivity index (χ0) is 20.8. The Morgan fingerprint density at radius 3 is 2.62 bits per heavy atom. The van der Waals surface area contributed by atoms with Gasteiger partial charge in [-0.15, -0.1) is 5.10 Å². The van der Waals surface area contributed by atoms with Crippen molar-refractivity contribution in [3.8, 4) is 5.82 Å². The Kier molecular flexibility index (Phi) is 6.24. The number of nitrogens with one attached hydrogen (secondary N) is 1. The molecule has 3 aromatic rings. The van der Waals surface area contributed by atoms with Crippen molar-refractivity contribution in [1.29, 1.82) is 0 Å². The molecule has 0 aromatic carbocycles. The molecule has 0 radical (unpaired) electrons. The molecule has 0 bridgehead atoms. The quantitative estimate of drug-likeness (QED) is 0.410. The van der Waals surface area contributed by atoms with Gasteiger partial charge in [-0.05, 0) is 42.5 Å². The van der Waals surface area contributed by atoms with Crippen LogP contribution in [0.5, 0.6) is 0 Å². The van der Waals surface area contributed by atoms with Crippen molar-refractivity contribution in [3.05, 3.63) is 41.5 Å². The van der Waals surface area contributed by atoms with Crippen LogP contribution in [0.4, 0.5) is 5.82 Å². The second kappa shape index (κ2) is 9.01. The number of nitrogen functional groups attached to an aromatic ring is 1. The van der Waals surface area contributed by atoms with Crippen LogP contribution in [0, 0.1) is 0 Å². The van der Waals surface area contributed by atoms with E-state index in [0.29, 0.717) is 18.0 Å². The number of hydrogen-bond donors (Lipinski definition) is 2. The number of carbonyl (C=O) groups is 1. The van der Waals surface area contributed by atoms with E-state index in [9.17, 15) is 4.79 Å². The summed E-state index contributed by atoms with van der Waals surface area (Å²) in [6, 6.07) is 3.60. The van der Waals surface area contributed by atoms with E-state index in [2.05, 4.69) is 45.7 Å². The second-order valence-corrected chi connectivity index (χ2v) is 6.11. The Bertz CT molecular complexity index is 991. The highest BCUT2D eigenvalue weighted by Gasteiger charge is 2.25. The number of hydrazone groups is 1. The maximum absolute atomic E-state index is 12.8. The van der Waals surface area contributed by atoms with Gasteiger partial charge in [-0.3, -0.25) is 14.7 Å². The standard InChI is InChI=1S/C17H22N10O2/c1-4-26(5-2)10-13-14(21-25-27(13)16-15(18)23-29-24-16)17(28)22-20-11(3)12-6-8-19-9-7-12/h6-9H,4-5,10H2,1-3H3,(H2,18,23)(H,22,28). The van der Waals surface area contributed by atoms with Crippen LogP contribution in [-0.2, 0) is 6.54 Å². The molecular weight excluding hydrogens is 376 g/mol. The van der Waals surface area contributed by atoms with E-state index < -0.39 is 5.91 Å². The van der Waals surface area contributed by atoms with Gasteiger partial charge >= 0.3 is 0 Å². The van der Waals surface area contributed by atoms with Crippen LogP contribution in [-0.4, -0.2) is 59.9 Å². The molecule has 12 nitrogen and oxygen atoms in total. The lowest BCUT2D eigenvalue weighted by Gasteiger charge is -2.18. The normalized spacial score (nSPS) is 11.8. The van der Waals surface area contributed by atoms with Gasteiger partial charge in [0, 0.05) is 24.5 Å². The van der Waals surface area contributed by atoms with E-state index >= 15 is 0 Å². The van der Waals surface area contributed by atoms with Crippen molar-refractivity contribution >= 4 is 17.4 Å². The lowest BCUT2D eigenvalue weighted by atomic mass is 10.2. The summed E-state index contributed by atoms with van der Waals surface area (Å²) in [5, 5.41) is 19.5. The summed E-state index contributed by atoms with van der Waals surface area (Å²) in [4.78, 5) is 18.8. The summed E-state index contributed by atoms with van der Waals surface area (Å²) in [5.74, 6) is -0.272. The maximum Gasteiger partial charge on any atom is 0.293 e. The number of anilines is 1. The first-order valence-corrected chi connectivity index (χ1v) is 9.05. The largest absolute Gasteiger partial charge is 0.378 e. The minimum absolute atomic E-state index is 0.0502. The molecule has 0 saturated carbocycles. The summed E-state index contributed by atoms with van der Waals surface area (Å²) in [7, 11) is 0. The Labute approximate surface area is 166 Å². The Morgan fingerprint density at radius 2 is 2.00 bits per heavy atom. The van der Waals surface area contributed by atoms with Crippen LogP contribution in [0.2, 0.25) is 0 Å². The minimum atomic E-state index is -0.498. The van der Waals surface area contributed by atoms with E-state index in [4.69, 9.17) is 5.73 Å². The topological polar surface area (TPSA) is 153 Å². The monoisotopic (exact) mass is 398 g/mol. The van der Waals surface area contributed by atoms with Gasteiger partial charge in [-0.2, -0.15) is 9.78 Å². The molecule has 29 heavy (non-hydrogen) atoms. The smallest absolute Gasteiger partial charge is 0.293 e. The van der Waals surface area contributed by atoms with Crippen molar-refractivity contribution < 1.29 is 9.42 Å². The number of nitrogens with zero attached hydrogens (tertiary/aromatic N) is 8. The summed E-state index contributed by atoms with van der Waals surface area (Å²) < 4.78 is 6.01. The van der Waals surface area contributed by atoms with E-state index in [1.807, 2.05) is 13.8 Å². The summed E-state index contributed by atoms with van der Waals surface area (Å²) in [6.07, 6.45) is 3.31. The van der Waals surface area contributed by atoms with E-state index in [1.165, 1.54) is 4.68 Å². The number of amides is 1. The number of aromatic nitrogens is 6. The number of nitrogens with two attached hydrogens (primary N) is 1. The van der Waals surface area contributed by atoms with Crippen LogP contribution in [0.25, 0.3) is 5.82 Å². The van der Waals surface area contributed by atoms with Crippen LogP contribution in [0.3, 0.4) is 0 Å². The number of rotatable bonds is 8. The molecule has 3 rings (SSSR count). The van der Waals surface area contributed by atoms with Crippen molar-refractivity contribution in [2.24, 2.45) is 5.10 Å². The maximum atomic E-state index is 12.8. The molecule has 0 atom stereocenters. The van der Waals surface area contributed by atoms with Crippen molar-refractivity contribution in [3.63, 3.8) is 0 Å².